The van der Waals surface area contributed by atoms with E-state index in [-0.39, 0.29) is 17.3 Å². The van der Waals surface area contributed by atoms with Crippen LogP contribution in [0.1, 0.15) is 37.3 Å². The maximum absolute atomic E-state index is 15.0. The number of aromatic nitrogens is 5. The fraction of sp³-hybridized carbons (Fsp3) is 0.500. The second-order valence-corrected chi connectivity index (χ2v) is 8.84. The lowest BCUT2D eigenvalue weighted by Crippen LogP contribution is -2.39. The molecule has 11 nitrogen and oxygen atoms in total. The summed E-state index contributed by atoms with van der Waals surface area (Å²) in [7, 11) is 1.58. The van der Waals surface area contributed by atoms with Gasteiger partial charge in [-0.15, -0.1) is 0 Å². The van der Waals surface area contributed by atoms with E-state index in [1.807, 2.05) is 6.92 Å². The zero-order valence-electron chi connectivity index (χ0n) is 18.0. The van der Waals surface area contributed by atoms with Gasteiger partial charge in [0.15, 0.2) is 18.1 Å². The Morgan fingerprint density at radius 1 is 1.42 bits per heavy atom. The Hall–Kier alpha value is -2.96. The standard InChI is InChI=1S/C20H23ClFN7O4/c1-20(3-4-20)26-19(30)33-12-9-32-17(16(12)22)11-5-14(28-27-11)25-18-24-13(21)6-15-23-10(8-31-2)7-29(15)18/h5-7,12,16-17H,3-4,8-9H2,1-2H3,(H,26,30)(H2,24,25,27,28)/t12-,16-,17-/m0/s1. The Kier molecular flexibility index (Phi) is 5.59. The number of hydrogen-bond acceptors (Lipinski definition) is 8. The first-order valence-corrected chi connectivity index (χ1v) is 10.8. The minimum atomic E-state index is -1.54. The number of nitrogens with one attached hydrogen (secondary N) is 3. The van der Waals surface area contributed by atoms with Crippen LogP contribution in [0.15, 0.2) is 18.3 Å². The zero-order chi connectivity index (χ0) is 23.2. The summed E-state index contributed by atoms with van der Waals surface area (Å²) in [5.74, 6) is 0.753. The smallest absolute Gasteiger partial charge is 0.408 e. The molecule has 0 bridgehead atoms. The second kappa shape index (κ2) is 8.43. The normalized spacial score (nSPS) is 23.6. The number of fused-ring (bicyclic) bond motifs is 1. The van der Waals surface area contributed by atoms with Crippen LogP contribution in [0.2, 0.25) is 5.15 Å². The topological polar surface area (TPSA) is 128 Å². The van der Waals surface area contributed by atoms with E-state index in [1.165, 1.54) is 0 Å². The number of methoxy groups -OCH3 is 1. The molecule has 2 fully saturated rings. The van der Waals surface area contributed by atoms with Gasteiger partial charge in [0.25, 0.3) is 0 Å². The number of anilines is 2. The molecule has 13 heteroatoms. The van der Waals surface area contributed by atoms with Gasteiger partial charge in [-0.1, -0.05) is 11.6 Å². The number of rotatable bonds is 7. The fourth-order valence-electron chi connectivity index (χ4n) is 3.64. The molecule has 4 heterocycles. The molecular formula is C20H23ClFN7O4. The van der Waals surface area contributed by atoms with Crippen LogP contribution >= 0.6 is 11.6 Å². The third-order valence-corrected chi connectivity index (χ3v) is 5.85. The second-order valence-electron chi connectivity index (χ2n) is 8.46. The molecule has 176 valence electrons. The van der Waals surface area contributed by atoms with Gasteiger partial charge in [-0.25, -0.2) is 19.2 Å². The number of alkyl carbamates (subject to hydrolysis) is 1. The molecule has 33 heavy (non-hydrogen) atoms. The maximum atomic E-state index is 15.0. The summed E-state index contributed by atoms with van der Waals surface area (Å²) < 4.78 is 32.6. The molecule has 1 saturated carbocycles. The molecule has 5 rings (SSSR count). The van der Waals surface area contributed by atoms with Crippen LogP contribution in [-0.2, 0) is 20.8 Å². The molecule has 1 amide bonds. The van der Waals surface area contributed by atoms with Gasteiger partial charge in [-0.05, 0) is 19.8 Å². The first-order chi connectivity index (χ1) is 15.8. The summed E-state index contributed by atoms with van der Waals surface area (Å²) in [6.45, 7) is 2.20. The van der Waals surface area contributed by atoms with Gasteiger partial charge in [0.2, 0.25) is 5.95 Å². The van der Waals surface area contributed by atoms with Crippen molar-refractivity contribution in [2.24, 2.45) is 0 Å². The Balaban J connectivity index is 1.27. The van der Waals surface area contributed by atoms with Crippen molar-refractivity contribution in [3.8, 4) is 0 Å². The monoisotopic (exact) mass is 479 g/mol. The molecule has 0 spiro atoms. The predicted molar refractivity (Wildman–Crippen MR) is 115 cm³/mol. The highest BCUT2D eigenvalue weighted by molar-refractivity contribution is 6.29. The lowest BCUT2D eigenvalue weighted by Gasteiger charge is -2.17. The number of alkyl halides is 1. The van der Waals surface area contributed by atoms with Crippen LogP contribution in [0.25, 0.3) is 5.65 Å². The van der Waals surface area contributed by atoms with Gasteiger partial charge in [0.1, 0.15) is 16.9 Å². The van der Waals surface area contributed by atoms with Crippen LogP contribution < -0.4 is 10.6 Å². The number of amides is 1. The summed E-state index contributed by atoms with van der Waals surface area (Å²) in [5, 5.41) is 13.0. The summed E-state index contributed by atoms with van der Waals surface area (Å²) in [5.41, 5.74) is 1.44. The van der Waals surface area contributed by atoms with Crippen molar-refractivity contribution in [1.82, 2.24) is 29.9 Å². The van der Waals surface area contributed by atoms with Gasteiger partial charge in [-0.3, -0.25) is 9.50 Å². The lowest BCUT2D eigenvalue weighted by atomic mass is 10.1. The molecule has 3 aromatic rings. The van der Waals surface area contributed by atoms with Gasteiger partial charge in [-0.2, -0.15) is 5.10 Å². The number of halogens is 2. The van der Waals surface area contributed by atoms with E-state index in [9.17, 15) is 9.18 Å². The van der Waals surface area contributed by atoms with Crippen molar-refractivity contribution in [3.05, 3.63) is 34.9 Å². The van der Waals surface area contributed by atoms with Gasteiger partial charge in [0, 0.05) is 31.0 Å². The van der Waals surface area contributed by atoms with Gasteiger partial charge >= 0.3 is 6.09 Å². The molecule has 1 aliphatic heterocycles. The summed E-state index contributed by atoms with van der Waals surface area (Å²) in [6.07, 6.45) is -0.594. The van der Waals surface area contributed by atoms with E-state index in [2.05, 4.69) is 30.8 Å². The minimum Gasteiger partial charge on any atom is -0.441 e. The van der Waals surface area contributed by atoms with Crippen LogP contribution in [0.3, 0.4) is 0 Å². The summed E-state index contributed by atoms with van der Waals surface area (Å²) in [6, 6.07) is 3.23. The van der Waals surface area contributed by atoms with Gasteiger partial charge < -0.3 is 24.8 Å². The third-order valence-electron chi connectivity index (χ3n) is 5.66. The molecule has 0 aromatic carbocycles. The first-order valence-electron chi connectivity index (χ1n) is 10.4. The molecule has 3 atom stereocenters. The van der Waals surface area contributed by atoms with Crippen molar-refractivity contribution in [2.45, 2.75) is 50.3 Å². The SMILES string of the molecule is COCc1cn2c(Nc3cc([C@@H]4OC[C@H](OC(=O)NC5(C)CC5)[C@@H]4F)[nH]n3)nc(Cl)cc2n1. The van der Waals surface area contributed by atoms with E-state index in [1.54, 1.807) is 29.8 Å². The number of hydrogen-bond donors (Lipinski definition) is 3. The minimum absolute atomic E-state index is 0.0501. The number of carbonyl (C=O) groups excluding carboxylic acids is 1. The molecule has 3 N–H and O–H groups in total. The first kappa shape index (κ1) is 21.9. The van der Waals surface area contributed by atoms with Crippen molar-refractivity contribution < 1.29 is 23.4 Å². The van der Waals surface area contributed by atoms with Crippen LogP contribution in [0.4, 0.5) is 21.0 Å². The number of ether oxygens (including phenoxy) is 3. The predicted octanol–water partition coefficient (Wildman–Crippen LogP) is 3.05. The molecule has 3 aromatic heterocycles. The highest BCUT2D eigenvalue weighted by Crippen LogP contribution is 2.36. The Morgan fingerprint density at radius 2 is 2.24 bits per heavy atom. The highest BCUT2D eigenvalue weighted by atomic mass is 35.5. The van der Waals surface area contributed by atoms with Crippen molar-refractivity contribution in [1.29, 1.82) is 0 Å². The fourth-order valence-corrected chi connectivity index (χ4v) is 3.82. The molecule has 0 unspecified atom stereocenters. The lowest BCUT2D eigenvalue weighted by molar-refractivity contribution is 0.0604. The van der Waals surface area contributed by atoms with Crippen molar-refractivity contribution in [2.75, 3.05) is 19.0 Å². The quantitative estimate of drug-likeness (QED) is 0.441. The molecular weight excluding hydrogens is 457 g/mol. The number of nitrogens with zero attached hydrogens (tertiary/aromatic N) is 4. The van der Waals surface area contributed by atoms with Crippen LogP contribution in [-0.4, -0.2) is 62.2 Å². The molecule has 1 saturated heterocycles. The van der Waals surface area contributed by atoms with Crippen LogP contribution in [0.5, 0.6) is 0 Å². The number of aromatic amines is 1. The Morgan fingerprint density at radius 3 is 3.00 bits per heavy atom. The largest absolute Gasteiger partial charge is 0.441 e. The average molecular weight is 480 g/mol. The summed E-state index contributed by atoms with van der Waals surface area (Å²) in [4.78, 5) is 20.7. The molecule has 1 aliphatic carbocycles. The summed E-state index contributed by atoms with van der Waals surface area (Å²) >= 11 is 6.13. The van der Waals surface area contributed by atoms with E-state index in [0.717, 1.165) is 12.8 Å². The van der Waals surface area contributed by atoms with Crippen molar-refractivity contribution in [3.63, 3.8) is 0 Å². The number of H-pyrrole nitrogens is 1. The van der Waals surface area contributed by atoms with Crippen LogP contribution in [0, 0.1) is 0 Å². The Labute approximate surface area is 193 Å². The zero-order valence-corrected chi connectivity index (χ0v) is 18.7. The maximum Gasteiger partial charge on any atom is 0.408 e. The van der Waals surface area contributed by atoms with Crippen molar-refractivity contribution >= 4 is 35.1 Å². The molecule has 0 radical (unpaired) electrons. The van der Waals surface area contributed by atoms with E-state index >= 15 is 0 Å². The Bertz CT molecular complexity index is 1180. The highest BCUT2D eigenvalue weighted by Gasteiger charge is 2.44. The number of carbonyl (C=O) groups is 1. The average Bonchev–Trinajstić information content (AvgIpc) is 3.11. The number of imidazole rings is 1. The van der Waals surface area contributed by atoms with E-state index < -0.39 is 24.5 Å². The van der Waals surface area contributed by atoms with Gasteiger partial charge in [0.05, 0.1) is 24.6 Å². The van der Waals surface area contributed by atoms with E-state index in [4.69, 9.17) is 25.8 Å². The third kappa shape index (κ3) is 4.59. The van der Waals surface area contributed by atoms with E-state index in [0.29, 0.717) is 35.4 Å². The molecule has 2 aliphatic rings.